The zero-order chi connectivity index (χ0) is 21.1. The molecule has 1 saturated heterocycles. The fourth-order valence-corrected chi connectivity index (χ4v) is 5.67. The van der Waals surface area contributed by atoms with Crippen LogP contribution in [0.4, 0.5) is 10.5 Å². The maximum Gasteiger partial charge on any atom is 0.407 e. The number of aromatic nitrogens is 1. The maximum absolute atomic E-state index is 13.8. The van der Waals surface area contributed by atoms with E-state index < -0.39 is 16.1 Å². The van der Waals surface area contributed by atoms with E-state index >= 15 is 0 Å². The molecule has 1 atom stereocenters. The first-order chi connectivity index (χ1) is 14.5. The van der Waals surface area contributed by atoms with Crippen molar-refractivity contribution in [2.45, 2.75) is 17.7 Å². The Kier molecular flexibility index (Phi) is 5.59. The van der Waals surface area contributed by atoms with Gasteiger partial charge >= 0.3 is 6.09 Å². The number of pyridine rings is 1. The van der Waals surface area contributed by atoms with Gasteiger partial charge in [0.15, 0.2) is 0 Å². The van der Waals surface area contributed by atoms with Crippen LogP contribution >= 0.6 is 0 Å². The number of nitrogens with zero attached hydrogens (tertiary/aromatic N) is 3. The highest BCUT2D eigenvalue weighted by Gasteiger charge is 2.32. The summed E-state index contributed by atoms with van der Waals surface area (Å²) in [5, 5.41) is 10.1. The van der Waals surface area contributed by atoms with Gasteiger partial charge in [0, 0.05) is 31.2 Å². The quantitative estimate of drug-likeness (QED) is 0.671. The average molecular weight is 426 g/mol. The molecule has 1 aromatic heterocycles. The number of anilines is 1. The van der Waals surface area contributed by atoms with Crippen LogP contribution in [-0.4, -0.2) is 49.1 Å². The van der Waals surface area contributed by atoms with E-state index in [2.05, 4.69) is 4.98 Å². The first kappa shape index (κ1) is 20.2. The monoisotopic (exact) mass is 425 g/mol. The van der Waals surface area contributed by atoms with Crippen molar-refractivity contribution >= 4 is 32.7 Å². The number of benzene rings is 2. The molecule has 0 aliphatic carbocycles. The van der Waals surface area contributed by atoms with Crippen LogP contribution in [0.3, 0.4) is 0 Å². The summed E-state index contributed by atoms with van der Waals surface area (Å²) >= 11 is 0. The third-order valence-corrected chi connectivity index (χ3v) is 7.25. The van der Waals surface area contributed by atoms with Gasteiger partial charge in [0.05, 0.1) is 11.2 Å². The molecule has 8 heteroatoms. The minimum absolute atomic E-state index is 0.0900. The second-order valence-corrected chi connectivity index (χ2v) is 9.27. The minimum atomic E-state index is -3.91. The number of carbonyl (C=O) groups is 1. The van der Waals surface area contributed by atoms with E-state index in [0.29, 0.717) is 24.3 Å². The van der Waals surface area contributed by atoms with Gasteiger partial charge in [-0.1, -0.05) is 36.4 Å². The van der Waals surface area contributed by atoms with Crippen molar-refractivity contribution in [3.63, 3.8) is 0 Å². The van der Waals surface area contributed by atoms with Gasteiger partial charge < -0.3 is 10.0 Å². The molecule has 2 heterocycles. The highest BCUT2D eigenvalue weighted by Crippen LogP contribution is 2.30. The number of piperidine rings is 1. The second kappa shape index (κ2) is 8.31. The van der Waals surface area contributed by atoms with E-state index in [1.807, 2.05) is 18.2 Å². The lowest BCUT2D eigenvalue weighted by Crippen LogP contribution is -2.44. The molecule has 1 aliphatic heterocycles. The Hall–Kier alpha value is -3.13. The van der Waals surface area contributed by atoms with Crippen LogP contribution in [0.5, 0.6) is 0 Å². The molecule has 1 amide bonds. The smallest absolute Gasteiger partial charge is 0.407 e. The molecule has 1 fully saturated rings. The van der Waals surface area contributed by atoms with E-state index in [1.165, 1.54) is 9.21 Å². The third kappa shape index (κ3) is 3.95. The zero-order valence-corrected chi connectivity index (χ0v) is 17.2. The van der Waals surface area contributed by atoms with Crippen LogP contribution in [0, 0.1) is 5.92 Å². The summed E-state index contributed by atoms with van der Waals surface area (Å²) < 4.78 is 29.0. The first-order valence-electron chi connectivity index (χ1n) is 9.86. The number of sulfonamides is 1. The highest BCUT2D eigenvalue weighted by atomic mass is 32.2. The van der Waals surface area contributed by atoms with Gasteiger partial charge in [-0.2, -0.15) is 0 Å². The molecule has 156 valence electrons. The normalized spacial score (nSPS) is 17.1. The highest BCUT2D eigenvalue weighted by molar-refractivity contribution is 7.93. The molecule has 0 radical (unpaired) electrons. The Bertz CT molecular complexity index is 1150. The van der Waals surface area contributed by atoms with Crippen LogP contribution in [0.15, 0.2) is 71.8 Å². The van der Waals surface area contributed by atoms with Gasteiger partial charge in [-0.25, -0.2) is 13.2 Å². The lowest BCUT2D eigenvalue weighted by molar-refractivity contribution is 0.121. The number of rotatable bonds is 5. The van der Waals surface area contributed by atoms with Gasteiger partial charge in [0.2, 0.25) is 0 Å². The Morgan fingerprint density at radius 2 is 1.87 bits per heavy atom. The van der Waals surface area contributed by atoms with Gasteiger partial charge in [-0.3, -0.25) is 9.29 Å². The molecule has 7 nitrogen and oxygen atoms in total. The predicted octanol–water partition coefficient (Wildman–Crippen LogP) is 3.82. The summed E-state index contributed by atoms with van der Waals surface area (Å²) in [7, 11) is -3.91. The molecule has 2 aromatic carbocycles. The number of likely N-dealkylation sites (tertiary alicyclic amines) is 1. The molecule has 0 bridgehead atoms. The Balaban J connectivity index is 1.75. The minimum Gasteiger partial charge on any atom is -0.465 e. The fraction of sp³-hybridized carbons (Fsp3) is 0.273. The summed E-state index contributed by atoms with van der Waals surface area (Å²) in [5.41, 5.74) is 0.981. The number of carboxylic acid groups (broad SMARTS) is 1. The van der Waals surface area contributed by atoms with Gasteiger partial charge in [-0.15, -0.1) is 0 Å². The second-order valence-electron chi connectivity index (χ2n) is 7.44. The molecule has 3 aromatic rings. The number of hydrogen-bond acceptors (Lipinski definition) is 4. The largest absolute Gasteiger partial charge is 0.465 e. The Morgan fingerprint density at radius 1 is 1.10 bits per heavy atom. The Labute approximate surface area is 175 Å². The van der Waals surface area contributed by atoms with Crippen molar-refractivity contribution in [1.82, 2.24) is 9.88 Å². The lowest BCUT2D eigenvalue weighted by Gasteiger charge is -2.34. The van der Waals surface area contributed by atoms with E-state index in [9.17, 15) is 18.3 Å². The summed E-state index contributed by atoms with van der Waals surface area (Å²) in [6, 6.07) is 17.7. The summed E-state index contributed by atoms with van der Waals surface area (Å²) in [6.45, 7) is 1.01. The predicted molar refractivity (Wildman–Crippen MR) is 115 cm³/mol. The average Bonchev–Trinajstić information content (AvgIpc) is 2.77. The van der Waals surface area contributed by atoms with Crippen molar-refractivity contribution in [2.24, 2.45) is 5.92 Å². The van der Waals surface area contributed by atoms with Crippen LogP contribution in [-0.2, 0) is 10.0 Å². The lowest BCUT2D eigenvalue weighted by atomic mass is 9.98. The number of para-hydroxylation sites is 2. The summed E-state index contributed by atoms with van der Waals surface area (Å²) in [4.78, 5) is 17.2. The Morgan fingerprint density at radius 3 is 2.63 bits per heavy atom. The molecule has 0 saturated carbocycles. The van der Waals surface area contributed by atoms with Crippen molar-refractivity contribution in [3.8, 4) is 0 Å². The van der Waals surface area contributed by atoms with E-state index in [4.69, 9.17) is 0 Å². The van der Waals surface area contributed by atoms with E-state index in [1.54, 1.807) is 48.7 Å². The first-order valence-corrected chi connectivity index (χ1v) is 11.3. The van der Waals surface area contributed by atoms with Gasteiger partial charge in [0.25, 0.3) is 10.0 Å². The van der Waals surface area contributed by atoms with Crippen molar-refractivity contribution in [1.29, 1.82) is 0 Å². The van der Waals surface area contributed by atoms with Crippen LogP contribution in [0.2, 0.25) is 0 Å². The third-order valence-electron chi connectivity index (χ3n) is 5.42. The molecular weight excluding hydrogens is 402 g/mol. The van der Waals surface area contributed by atoms with Crippen molar-refractivity contribution in [3.05, 3.63) is 66.9 Å². The summed E-state index contributed by atoms with van der Waals surface area (Å²) in [5.74, 6) is -0.0900. The number of fused-ring (bicyclic) bond motifs is 1. The SMILES string of the molecule is O=C(O)N1CCCC(CN(c2ccccc2)S(=O)(=O)c2cccc3cccnc23)C1. The maximum atomic E-state index is 13.8. The molecule has 1 N–H and O–H groups in total. The van der Waals surface area contributed by atoms with Crippen LogP contribution < -0.4 is 4.31 Å². The molecule has 1 aliphatic rings. The fourth-order valence-electron chi connectivity index (χ4n) is 3.96. The van der Waals surface area contributed by atoms with E-state index in [-0.39, 0.29) is 17.4 Å². The topological polar surface area (TPSA) is 90.8 Å². The van der Waals surface area contributed by atoms with Gasteiger partial charge in [-0.05, 0) is 43.0 Å². The van der Waals surface area contributed by atoms with E-state index in [0.717, 1.165) is 18.2 Å². The standard InChI is InChI=1S/C22H23N3O4S/c26-22(27)24-14-6-7-17(15-24)16-25(19-10-2-1-3-11-19)30(28,29)20-12-4-8-18-9-5-13-23-21(18)20/h1-5,8-13,17H,6-7,14-16H2,(H,26,27). The summed E-state index contributed by atoms with van der Waals surface area (Å²) in [6.07, 6.45) is 2.11. The van der Waals surface area contributed by atoms with Gasteiger partial charge in [0.1, 0.15) is 4.90 Å². The molecule has 30 heavy (non-hydrogen) atoms. The molecule has 1 unspecified atom stereocenters. The molecular formula is C22H23N3O4S. The number of amides is 1. The molecule has 0 spiro atoms. The van der Waals surface area contributed by atoms with Crippen molar-refractivity contribution in [2.75, 3.05) is 23.9 Å². The van der Waals surface area contributed by atoms with Crippen LogP contribution in [0.1, 0.15) is 12.8 Å². The van der Waals surface area contributed by atoms with Crippen molar-refractivity contribution < 1.29 is 18.3 Å². The number of hydrogen-bond donors (Lipinski definition) is 1. The van der Waals surface area contributed by atoms with Crippen LogP contribution in [0.25, 0.3) is 10.9 Å². The molecule has 4 rings (SSSR count). The zero-order valence-electron chi connectivity index (χ0n) is 16.4.